The molecule has 6 fully saturated rings. The fourth-order valence-corrected chi connectivity index (χ4v) is 7.22. The maximum absolute atomic E-state index is 6.81. The summed E-state index contributed by atoms with van der Waals surface area (Å²) < 4.78 is 0. The van der Waals surface area contributed by atoms with Crippen LogP contribution in [0.4, 0.5) is 0 Å². The fourth-order valence-electron chi connectivity index (χ4n) is 6.49. The minimum atomic E-state index is 0.345. The topological polar surface area (TPSA) is 0 Å². The van der Waals surface area contributed by atoms with Gasteiger partial charge in [-0.2, -0.15) is 0 Å². The zero-order valence-corrected chi connectivity index (χ0v) is 7.80. The van der Waals surface area contributed by atoms with Crippen molar-refractivity contribution in [3.05, 3.63) is 0 Å². The van der Waals surface area contributed by atoms with Crippen LogP contribution >= 0.6 is 11.6 Å². The maximum atomic E-state index is 6.81. The van der Waals surface area contributed by atoms with Gasteiger partial charge in [0.25, 0.3) is 0 Å². The molecule has 0 saturated heterocycles. The Morgan fingerprint density at radius 3 is 2.67 bits per heavy atom. The largest absolute Gasteiger partial charge is 0.119 e. The van der Waals surface area contributed by atoms with Crippen molar-refractivity contribution in [2.45, 2.75) is 24.1 Å². The Balaban J connectivity index is 1.93. The average Bonchev–Trinajstić information content (AvgIpc) is 2.55. The highest BCUT2D eigenvalue weighted by atomic mass is 35.5. The average molecular weight is 181 g/mol. The molecule has 0 aromatic heterocycles. The molecule has 0 amide bonds. The summed E-state index contributed by atoms with van der Waals surface area (Å²) >= 11 is 6.81. The summed E-state index contributed by atoms with van der Waals surface area (Å²) in [5.74, 6) is 7.53. The van der Waals surface area contributed by atoms with Crippen molar-refractivity contribution < 1.29 is 0 Å². The molecule has 0 nitrogen and oxygen atoms in total. The molecule has 6 saturated carbocycles. The molecule has 0 radical (unpaired) electrons. The molecule has 6 aliphatic rings. The van der Waals surface area contributed by atoms with Crippen molar-refractivity contribution in [3.8, 4) is 0 Å². The molecule has 6 aliphatic carbocycles. The van der Waals surface area contributed by atoms with Crippen molar-refractivity contribution in [3.63, 3.8) is 0 Å². The van der Waals surface area contributed by atoms with Crippen LogP contribution in [0.25, 0.3) is 0 Å². The molecule has 0 aliphatic heterocycles. The van der Waals surface area contributed by atoms with Gasteiger partial charge in [0.05, 0.1) is 4.87 Å². The van der Waals surface area contributed by atoms with Gasteiger partial charge in [0, 0.05) is 0 Å². The van der Waals surface area contributed by atoms with E-state index in [4.69, 9.17) is 11.6 Å². The summed E-state index contributed by atoms with van der Waals surface area (Å²) in [6, 6.07) is 0. The lowest BCUT2D eigenvalue weighted by atomic mass is 9.71. The summed E-state index contributed by atoms with van der Waals surface area (Å²) in [6.45, 7) is 0. The highest BCUT2D eigenvalue weighted by Crippen LogP contribution is 2.85. The predicted molar refractivity (Wildman–Crippen MR) is 46.9 cm³/mol. The quantitative estimate of drug-likeness (QED) is 0.503. The Labute approximate surface area is 77.7 Å². The van der Waals surface area contributed by atoms with E-state index in [1.54, 1.807) is 6.42 Å². The molecular weight excluding hydrogens is 168 g/mol. The Morgan fingerprint density at radius 2 is 1.83 bits per heavy atom. The smallest absolute Gasteiger partial charge is 0.0514 e. The first kappa shape index (κ1) is 5.90. The third-order valence-corrected chi connectivity index (χ3v) is 6.95. The molecule has 6 rings (SSSR count). The SMILES string of the molecule is Cl[C@]12C[C@H]3[C@H]4C[C@H]5[C@H](C[C@@H]1[C@H]35)[C@H]42. The van der Waals surface area contributed by atoms with Crippen molar-refractivity contribution in [2.24, 2.45) is 41.4 Å². The number of rotatable bonds is 0. The van der Waals surface area contributed by atoms with Gasteiger partial charge in [0.15, 0.2) is 0 Å². The number of alkyl halides is 1. The fraction of sp³-hybridized carbons (Fsp3) is 1.00. The molecular formula is C11H13Cl. The first-order valence-corrected chi connectivity index (χ1v) is 5.87. The Hall–Kier alpha value is 0.290. The molecule has 6 bridgehead atoms. The van der Waals surface area contributed by atoms with Crippen LogP contribution in [-0.4, -0.2) is 4.87 Å². The lowest BCUT2D eigenvalue weighted by Gasteiger charge is -2.38. The van der Waals surface area contributed by atoms with Crippen LogP contribution in [-0.2, 0) is 0 Å². The van der Waals surface area contributed by atoms with Gasteiger partial charge in [-0.15, -0.1) is 11.6 Å². The summed E-state index contributed by atoms with van der Waals surface area (Å²) in [4.78, 5) is 0.345. The van der Waals surface area contributed by atoms with Crippen molar-refractivity contribution in [1.29, 1.82) is 0 Å². The molecule has 0 spiro atoms. The highest BCUT2D eigenvalue weighted by molar-refractivity contribution is 6.25. The van der Waals surface area contributed by atoms with Crippen LogP contribution in [0.3, 0.4) is 0 Å². The maximum Gasteiger partial charge on any atom is 0.0514 e. The van der Waals surface area contributed by atoms with Gasteiger partial charge in [-0.3, -0.25) is 0 Å². The summed E-state index contributed by atoms with van der Waals surface area (Å²) in [5, 5.41) is 0. The second-order valence-electron chi connectivity index (χ2n) is 5.97. The van der Waals surface area contributed by atoms with E-state index in [-0.39, 0.29) is 0 Å². The minimum Gasteiger partial charge on any atom is -0.119 e. The second kappa shape index (κ2) is 1.30. The molecule has 64 valence electrons. The van der Waals surface area contributed by atoms with Crippen molar-refractivity contribution in [1.82, 2.24) is 0 Å². The number of halogens is 1. The van der Waals surface area contributed by atoms with Gasteiger partial charge in [0.1, 0.15) is 0 Å². The third-order valence-electron chi connectivity index (χ3n) is 6.27. The van der Waals surface area contributed by atoms with Crippen LogP contribution in [0, 0.1) is 41.4 Å². The van der Waals surface area contributed by atoms with Gasteiger partial charge < -0.3 is 0 Å². The summed E-state index contributed by atoms with van der Waals surface area (Å²) in [5.41, 5.74) is 0. The van der Waals surface area contributed by atoms with Crippen LogP contribution in [0.15, 0.2) is 0 Å². The van der Waals surface area contributed by atoms with Crippen LogP contribution in [0.1, 0.15) is 19.3 Å². The molecule has 0 aromatic carbocycles. The van der Waals surface area contributed by atoms with Gasteiger partial charge >= 0.3 is 0 Å². The van der Waals surface area contributed by atoms with E-state index in [2.05, 4.69) is 0 Å². The first-order valence-electron chi connectivity index (χ1n) is 5.49. The minimum absolute atomic E-state index is 0.345. The van der Waals surface area contributed by atoms with E-state index >= 15 is 0 Å². The standard InChI is InChI=1S/C11H13Cl/c12-11-3-7-5-1-4-6(10(5)11)2-8(11)9(4)7/h4-10H,1-3H2/t4-,5+,6-,7-,8+,9-,10-,11+/m0/s1. The molecule has 0 unspecified atom stereocenters. The zero-order chi connectivity index (χ0) is 7.66. The monoisotopic (exact) mass is 180 g/mol. The second-order valence-corrected chi connectivity index (χ2v) is 6.67. The van der Waals surface area contributed by atoms with Gasteiger partial charge in [0.2, 0.25) is 0 Å². The van der Waals surface area contributed by atoms with E-state index in [9.17, 15) is 0 Å². The van der Waals surface area contributed by atoms with Crippen molar-refractivity contribution in [2.75, 3.05) is 0 Å². The number of hydrogen-bond donors (Lipinski definition) is 0. The first-order chi connectivity index (χ1) is 5.81. The third kappa shape index (κ3) is 0.313. The lowest BCUT2D eigenvalue weighted by molar-refractivity contribution is 0.143. The van der Waals surface area contributed by atoms with Crippen LogP contribution < -0.4 is 0 Å². The van der Waals surface area contributed by atoms with Crippen LogP contribution in [0.2, 0.25) is 0 Å². The molecule has 0 aromatic rings. The Kier molecular flexibility index (Phi) is 0.641. The highest BCUT2D eigenvalue weighted by Gasteiger charge is 2.82. The molecule has 0 heterocycles. The predicted octanol–water partition coefficient (Wildman–Crippen LogP) is 2.52. The molecule has 1 heteroatoms. The molecule has 8 atom stereocenters. The van der Waals surface area contributed by atoms with E-state index in [1.165, 1.54) is 12.8 Å². The Morgan fingerprint density at radius 1 is 1.00 bits per heavy atom. The molecule has 12 heavy (non-hydrogen) atoms. The Bertz CT molecular complexity index is 297. The normalized spacial score (nSPS) is 85.2. The van der Waals surface area contributed by atoms with Gasteiger partial charge in [-0.25, -0.2) is 0 Å². The van der Waals surface area contributed by atoms with E-state index in [0.29, 0.717) is 4.87 Å². The van der Waals surface area contributed by atoms with Gasteiger partial charge in [-0.05, 0) is 60.7 Å². The van der Waals surface area contributed by atoms with E-state index in [0.717, 1.165) is 41.4 Å². The zero-order valence-electron chi connectivity index (χ0n) is 7.04. The molecule has 0 N–H and O–H groups in total. The van der Waals surface area contributed by atoms with Crippen molar-refractivity contribution >= 4 is 11.6 Å². The summed E-state index contributed by atoms with van der Waals surface area (Å²) in [7, 11) is 0. The van der Waals surface area contributed by atoms with E-state index < -0.39 is 0 Å². The number of hydrogen-bond acceptors (Lipinski definition) is 0. The van der Waals surface area contributed by atoms with E-state index in [1.807, 2.05) is 0 Å². The van der Waals surface area contributed by atoms with Crippen LogP contribution in [0.5, 0.6) is 0 Å². The summed E-state index contributed by atoms with van der Waals surface area (Å²) in [6.07, 6.45) is 4.51. The lowest BCUT2D eigenvalue weighted by Crippen LogP contribution is -2.39. The van der Waals surface area contributed by atoms with Gasteiger partial charge in [-0.1, -0.05) is 0 Å².